The highest BCUT2D eigenvalue weighted by Crippen LogP contribution is 2.33. The van der Waals surface area contributed by atoms with E-state index in [1.807, 2.05) is 17.9 Å². The lowest BCUT2D eigenvalue weighted by Crippen LogP contribution is -2.38. The maximum Gasteiger partial charge on any atom is 0.294 e. The SMILES string of the molecule is Cc1ccnc2nc(C(=O)N3CCc4sccc4C3C)nn12. The van der Waals surface area contributed by atoms with Gasteiger partial charge in [-0.25, -0.2) is 9.50 Å². The van der Waals surface area contributed by atoms with Gasteiger partial charge in [-0.2, -0.15) is 4.98 Å². The molecule has 1 amide bonds. The number of carbonyl (C=O) groups is 1. The van der Waals surface area contributed by atoms with Gasteiger partial charge in [0.2, 0.25) is 5.82 Å². The van der Waals surface area contributed by atoms with E-state index in [9.17, 15) is 4.79 Å². The minimum absolute atomic E-state index is 0.0585. The van der Waals surface area contributed by atoms with Crippen molar-refractivity contribution in [2.45, 2.75) is 26.3 Å². The van der Waals surface area contributed by atoms with Crippen LogP contribution in [0, 0.1) is 6.92 Å². The van der Waals surface area contributed by atoms with Crippen LogP contribution in [0.5, 0.6) is 0 Å². The molecule has 112 valence electrons. The number of aryl methyl sites for hydroxylation is 1. The fourth-order valence-electron chi connectivity index (χ4n) is 2.91. The third-order valence-corrected chi connectivity index (χ3v) is 5.16. The van der Waals surface area contributed by atoms with Crippen molar-refractivity contribution < 1.29 is 4.79 Å². The quantitative estimate of drug-likeness (QED) is 0.691. The summed E-state index contributed by atoms with van der Waals surface area (Å²) in [7, 11) is 0. The van der Waals surface area contributed by atoms with Crippen molar-refractivity contribution >= 4 is 23.0 Å². The molecule has 0 saturated carbocycles. The van der Waals surface area contributed by atoms with Crippen LogP contribution in [-0.4, -0.2) is 36.9 Å². The molecular formula is C15H15N5OS. The zero-order valence-corrected chi connectivity index (χ0v) is 13.2. The number of amides is 1. The molecular weight excluding hydrogens is 298 g/mol. The number of carbonyl (C=O) groups excluding carboxylic acids is 1. The predicted octanol–water partition coefficient (Wildman–Crippen LogP) is 2.25. The number of aromatic nitrogens is 4. The van der Waals surface area contributed by atoms with Crippen LogP contribution in [0.1, 0.15) is 39.7 Å². The molecule has 1 unspecified atom stereocenters. The maximum atomic E-state index is 12.8. The van der Waals surface area contributed by atoms with Gasteiger partial charge in [0.25, 0.3) is 11.7 Å². The Balaban J connectivity index is 1.70. The Morgan fingerprint density at radius 2 is 2.27 bits per heavy atom. The summed E-state index contributed by atoms with van der Waals surface area (Å²) < 4.78 is 1.61. The largest absolute Gasteiger partial charge is 0.329 e. The molecule has 7 heteroatoms. The van der Waals surface area contributed by atoms with Gasteiger partial charge < -0.3 is 4.90 Å². The summed E-state index contributed by atoms with van der Waals surface area (Å²) in [5.41, 5.74) is 2.14. The van der Waals surface area contributed by atoms with Crippen molar-refractivity contribution in [1.82, 2.24) is 24.5 Å². The molecule has 0 bridgehead atoms. The average Bonchev–Trinajstić information content (AvgIpc) is 3.14. The molecule has 1 aliphatic heterocycles. The van der Waals surface area contributed by atoms with E-state index in [0.717, 1.165) is 12.1 Å². The smallest absolute Gasteiger partial charge is 0.294 e. The molecule has 4 rings (SSSR count). The second-order valence-electron chi connectivity index (χ2n) is 5.46. The van der Waals surface area contributed by atoms with E-state index >= 15 is 0 Å². The van der Waals surface area contributed by atoms with Gasteiger partial charge in [-0.15, -0.1) is 16.4 Å². The van der Waals surface area contributed by atoms with Gasteiger partial charge in [0.1, 0.15) is 0 Å². The summed E-state index contributed by atoms with van der Waals surface area (Å²) in [6.45, 7) is 4.68. The molecule has 0 aliphatic carbocycles. The Morgan fingerprint density at radius 3 is 3.09 bits per heavy atom. The van der Waals surface area contributed by atoms with E-state index in [1.165, 1.54) is 10.4 Å². The molecule has 0 saturated heterocycles. The molecule has 0 N–H and O–H groups in total. The van der Waals surface area contributed by atoms with E-state index in [-0.39, 0.29) is 17.8 Å². The summed E-state index contributed by atoms with van der Waals surface area (Å²) in [6.07, 6.45) is 2.57. The van der Waals surface area contributed by atoms with Gasteiger partial charge in [0, 0.05) is 23.3 Å². The second kappa shape index (κ2) is 4.88. The first-order valence-corrected chi connectivity index (χ1v) is 8.09. The molecule has 3 aromatic heterocycles. The lowest BCUT2D eigenvalue weighted by atomic mass is 10.0. The highest BCUT2D eigenvalue weighted by atomic mass is 32.1. The normalized spacial score (nSPS) is 17.7. The van der Waals surface area contributed by atoms with Gasteiger partial charge in [0.15, 0.2) is 0 Å². The summed E-state index contributed by atoms with van der Waals surface area (Å²) in [4.78, 5) is 24.4. The minimum atomic E-state index is -0.130. The van der Waals surface area contributed by atoms with Gasteiger partial charge in [-0.3, -0.25) is 4.79 Å². The molecule has 22 heavy (non-hydrogen) atoms. The molecule has 0 radical (unpaired) electrons. The number of thiophene rings is 1. The summed E-state index contributed by atoms with van der Waals surface area (Å²) in [6, 6.07) is 4.01. The van der Waals surface area contributed by atoms with Crippen molar-refractivity contribution in [3.8, 4) is 0 Å². The fourth-order valence-corrected chi connectivity index (χ4v) is 3.88. The average molecular weight is 313 g/mol. The summed E-state index contributed by atoms with van der Waals surface area (Å²) >= 11 is 1.76. The third-order valence-electron chi connectivity index (χ3n) is 4.16. The Kier molecular flexibility index (Phi) is 2.97. The van der Waals surface area contributed by atoms with Crippen LogP contribution in [-0.2, 0) is 6.42 Å². The van der Waals surface area contributed by atoms with Crippen LogP contribution in [0.3, 0.4) is 0 Å². The van der Waals surface area contributed by atoms with Crippen molar-refractivity contribution in [2.24, 2.45) is 0 Å². The van der Waals surface area contributed by atoms with Crippen LogP contribution in [0.4, 0.5) is 0 Å². The third kappa shape index (κ3) is 1.93. The number of hydrogen-bond donors (Lipinski definition) is 0. The molecule has 3 aromatic rings. The minimum Gasteiger partial charge on any atom is -0.329 e. The second-order valence-corrected chi connectivity index (χ2v) is 6.46. The number of hydrogen-bond acceptors (Lipinski definition) is 5. The van der Waals surface area contributed by atoms with Gasteiger partial charge in [0.05, 0.1) is 6.04 Å². The molecule has 1 atom stereocenters. The van der Waals surface area contributed by atoms with Crippen LogP contribution < -0.4 is 0 Å². The first kappa shape index (κ1) is 13.4. The number of fused-ring (bicyclic) bond motifs is 2. The lowest BCUT2D eigenvalue weighted by molar-refractivity contribution is 0.0667. The molecule has 0 fully saturated rings. The Morgan fingerprint density at radius 1 is 1.41 bits per heavy atom. The Hall–Kier alpha value is -2.28. The van der Waals surface area contributed by atoms with Crippen LogP contribution in [0.25, 0.3) is 5.78 Å². The molecule has 1 aliphatic rings. The molecule has 4 heterocycles. The topological polar surface area (TPSA) is 63.4 Å². The van der Waals surface area contributed by atoms with Crippen molar-refractivity contribution in [3.63, 3.8) is 0 Å². The van der Waals surface area contributed by atoms with Gasteiger partial charge in [-0.1, -0.05) is 0 Å². The van der Waals surface area contributed by atoms with E-state index < -0.39 is 0 Å². The van der Waals surface area contributed by atoms with E-state index in [1.54, 1.807) is 22.0 Å². The first-order valence-electron chi connectivity index (χ1n) is 7.21. The number of rotatable bonds is 1. The van der Waals surface area contributed by atoms with Crippen molar-refractivity contribution in [3.05, 3.63) is 45.7 Å². The molecule has 0 aromatic carbocycles. The van der Waals surface area contributed by atoms with Gasteiger partial charge >= 0.3 is 0 Å². The van der Waals surface area contributed by atoms with Crippen molar-refractivity contribution in [2.75, 3.05) is 6.54 Å². The predicted molar refractivity (Wildman–Crippen MR) is 83.0 cm³/mol. The highest BCUT2D eigenvalue weighted by Gasteiger charge is 2.31. The zero-order chi connectivity index (χ0) is 15.3. The first-order chi connectivity index (χ1) is 10.6. The summed E-state index contributed by atoms with van der Waals surface area (Å²) in [5, 5.41) is 6.41. The van der Waals surface area contributed by atoms with Crippen LogP contribution >= 0.6 is 11.3 Å². The van der Waals surface area contributed by atoms with E-state index in [4.69, 9.17) is 0 Å². The maximum absolute atomic E-state index is 12.8. The Bertz CT molecular complexity index is 868. The molecule has 0 spiro atoms. The monoisotopic (exact) mass is 313 g/mol. The van der Waals surface area contributed by atoms with E-state index in [2.05, 4.69) is 33.4 Å². The number of nitrogens with zero attached hydrogens (tertiary/aromatic N) is 5. The Labute approximate surface area is 131 Å². The highest BCUT2D eigenvalue weighted by molar-refractivity contribution is 7.10. The lowest BCUT2D eigenvalue weighted by Gasteiger charge is -2.32. The van der Waals surface area contributed by atoms with Crippen molar-refractivity contribution in [1.29, 1.82) is 0 Å². The van der Waals surface area contributed by atoms with Gasteiger partial charge in [-0.05, 0) is 43.3 Å². The molecule has 6 nitrogen and oxygen atoms in total. The fraction of sp³-hybridized carbons (Fsp3) is 0.333. The van der Waals surface area contributed by atoms with E-state index in [0.29, 0.717) is 12.3 Å². The zero-order valence-electron chi connectivity index (χ0n) is 12.4. The van der Waals surface area contributed by atoms with Crippen LogP contribution in [0.15, 0.2) is 23.7 Å². The standard InChI is InChI=1S/C15H15N5OS/c1-9-3-6-16-15-17-13(18-20(9)15)14(21)19-7-4-12-11(10(19)2)5-8-22-12/h3,5-6,8,10H,4,7H2,1-2H3. The van der Waals surface area contributed by atoms with Crippen LogP contribution in [0.2, 0.25) is 0 Å². The summed E-state index contributed by atoms with van der Waals surface area (Å²) in [5.74, 6) is 0.547.